The van der Waals surface area contributed by atoms with Crippen LogP contribution in [0.2, 0.25) is 0 Å². The van der Waals surface area contributed by atoms with Crippen molar-refractivity contribution in [2.24, 2.45) is 5.41 Å². The standard InChI is InChI=1S/C12H10F5NO2/c1-12(11(19)20)2-3-18(4-12)10-8(16)6(14)5(13)7(15)9(10)17/h2-4H2,1H3,(H,19,20). The van der Waals surface area contributed by atoms with Crippen molar-refractivity contribution in [1.82, 2.24) is 0 Å². The third-order valence-corrected chi connectivity index (χ3v) is 3.49. The number of nitrogens with zero attached hydrogens (tertiary/aromatic N) is 1. The SMILES string of the molecule is CC1(C(=O)O)CCN(c2c(F)c(F)c(F)c(F)c2F)C1. The van der Waals surface area contributed by atoms with Gasteiger partial charge in [0.25, 0.3) is 0 Å². The molecule has 20 heavy (non-hydrogen) atoms. The minimum atomic E-state index is -2.23. The lowest BCUT2D eigenvalue weighted by atomic mass is 9.90. The van der Waals surface area contributed by atoms with Crippen molar-refractivity contribution in [1.29, 1.82) is 0 Å². The molecule has 0 aromatic heterocycles. The Hall–Kier alpha value is -1.86. The lowest BCUT2D eigenvalue weighted by molar-refractivity contribution is -0.146. The molecule has 0 saturated carbocycles. The molecule has 110 valence electrons. The Bertz CT molecular complexity index is 563. The normalized spacial score (nSPS) is 22.4. The first-order valence-corrected chi connectivity index (χ1v) is 5.69. The van der Waals surface area contributed by atoms with E-state index in [0.29, 0.717) is 0 Å². The first kappa shape index (κ1) is 14.5. The van der Waals surface area contributed by atoms with E-state index in [-0.39, 0.29) is 19.5 Å². The summed E-state index contributed by atoms with van der Waals surface area (Å²) in [5.41, 5.74) is -2.37. The molecule has 1 fully saturated rings. The van der Waals surface area contributed by atoms with Crippen LogP contribution in [-0.2, 0) is 4.79 Å². The predicted molar refractivity (Wildman–Crippen MR) is 58.8 cm³/mol. The zero-order chi connectivity index (χ0) is 15.2. The number of anilines is 1. The Kier molecular flexibility index (Phi) is 3.35. The highest BCUT2D eigenvalue weighted by Crippen LogP contribution is 2.37. The fraction of sp³-hybridized carbons (Fsp3) is 0.417. The van der Waals surface area contributed by atoms with Gasteiger partial charge in [-0.3, -0.25) is 4.79 Å². The molecule has 1 N–H and O–H groups in total. The molecular weight excluding hydrogens is 285 g/mol. The van der Waals surface area contributed by atoms with Gasteiger partial charge in [0.1, 0.15) is 5.69 Å². The number of halogens is 5. The van der Waals surface area contributed by atoms with Crippen LogP contribution in [0.5, 0.6) is 0 Å². The van der Waals surface area contributed by atoms with Crippen LogP contribution >= 0.6 is 0 Å². The number of benzene rings is 1. The molecule has 3 nitrogen and oxygen atoms in total. The van der Waals surface area contributed by atoms with Crippen molar-refractivity contribution in [3.63, 3.8) is 0 Å². The number of hydrogen-bond acceptors (Lipinski definition) is 2. The van der Waals surface area contributed by atoms with E-state index in [4.69, 9.17) is 5.11 Å². The minimum absolute atomic E-state index is 0.0435. The number of hydrogen-bond donors (Lipinski definition) is 1. The monoisotopic (exact) mass is 295 g/mol. The van der Waals surface area contributed by atoms with Crippen molar-refractivity contribution in [2.45, 2.75) is 13.3 Å². The lowest BCUT2D eigenvalue weighted by Gasteiger charge is -2.23. The summed E-state index contributed by atoms with van der Waals surface area (Å²) < 4.78 is 66.3. The van der Waals surface area contributed by atoms with Crippen molar-refractivity contribution >= 4 is 11.7 Å². The van der Waals surface area contributed by atoms with Crippen LogP contribution in [-0.4, -0.2) is 24.2 Å². The molecule has 0 aliphatic carbocycles. The molecule has 1 unspecified atom stereocenters. The van der Waals surface area contributed by atoms with E-state index < -0.39 is 46.2 Å². The number of carboxylic acids is 1. The molecule has 0 bridgehead atoms. The summed E-state index contributed by atoms with van der Waals surface area (Å²) in [6, 6.07) is 0. The highest BCUT2D eigenvalue weighted by atomic mass is 19.2. The molecular formula is C12H10F5NO2. The van der Waals surface area contributed by atoms with Gasteiger partial charge in [0.05, 0.1) is 5.41 Å². The Balaban J connectivity index is 2.48. The first-order valence-electron chi connectivity index (χ1n) is 5.69. The van der Waals surface area contributed by atoms with Gasteiger partial charge in [-0.1, -0.05) is 0 Å². The van der Waals surface area contributed by atoms with Crippen LogP contribution in [0, 0.1) is 34.5 Å². The summed E-state index contributed by atoms with van der Waals surface area (Å²) in [4.78, 5) is 11.9. The second-order valence-corrected chi connectivity index (χ2v) is 4.96. The first-order chi connectivity index (χ1) is 9.19. The zero-order valence-corrected chi connectivity index (χ0v) is 10.3. The van der Waals surface area contributed by atoms with Crippen molar-refractivity contribution in [3.05, 3.63) is 29.1 Å². The minimum Gasteiger partial charge on any atom is -0.481 e. The summed E-state index contributed by atoms with van der Waals surface area (Å²) in [5.74, 6) is -11.4. The van der Waals surface area contributed by atoms with Crippen LogP contribution in [0.4, 0.5) is 27.6 Å². The Labute approximate surface area is 110 Å². The number of carboxylic acid groups (broad SMARTS) is 1. The average Bonchev–Trinajstić information content (AvgIpc) is 2.78. The molecule has 0 radical (unpaired) electrons. The van der Waals surface area contributed by atoms with Gasteiger partial charge in [-0.25, -0.2) is 22.0 Å². The van der Waals surface area contributed by atoms with Gasteiger partial charge in [-0.05, 0) is 13.3 Å². The van der Waals surface area contributed by atoms with Crippen LogP contribution in [0.15, 0.2) is 0 Å². The second-order valence-electron chi connectivity index (χ2n) is 4.96. The number of aliphatic carboxylic acids is 1. The van der Waals surface area contributed by atoms with Crippen molar-refractivity contribution in [3.8, 4) is 0 Å². The molecule has 1 atom stereocenters. The van der Waals surface area contributed by atoms with E-state index in [9.17, 15) is 26.7 Å². The molecule has 1 aromatic rings. The van der Waals surface area contributed by atoms with E-state index in [1.807, 2.05) is 0 Å². The highest BCUT2D eigenvalue weighted by molar-refractivity contribution is 5.76. The van der Waals surface area contributed by atoms with Crippen LogP contribution in [0.3, 0.4) is 0 Å². The molecule has 0 amide bonds. The highest BCUT2D eigenvalue weighted by Gasteiger charge is 2.43. The summed E-state index contributed by atoms with van der Waals surface area (Å²) in [6.07, 6.45) is 0.0435. The molecule has 2 rings (SSSR count). The van der Waals surface area contributed by atoms with E-state index in [0.717, 1.165) is 4.90 Å². The third-order valence-electron chi connectivity index (χ3n) is 3.49. The fourth-order valence-corrected chi connectivity index (χ4v) is 2.20. The van der Waals surface area contributed by atoms with Gasteiger partial charge in [0.2, 0.25) is 5.82 Å². The molecule has 1 saturated heterocycles. The van der Waals surface area contributed by atoms with E-state index >= 15 is 0 Å². The topological polar surface area (TPSA) is 40.5 Å². The van der Waals surface area contributed by atoms with Crippen molar-refractivity contribution < 1.29 is 31.9 Å². The molecule has 0 spiro atoms. The zero-order valence-electron chi connectivity index (χ0n) is 10.3. The maximum Gasteiger partial charge on any atom is 0.311 e. The molecule has 1 aliphatic heterocycles. The van der Waals surface area contributed by atoms with E-state index in [2.05, 4.69) is 0 Å². The average molecular weight is 295 g/mol. The Morgan fingerprint density at radius 2 is 1.50 bits per heavy atom. The van der Waals surface area contributed by atoms with Crippen LogP contribution < -0.4 is 4.90 Å². The van der Waals surface area contributed by atoms with E-state index in [1.54, 1.807) is 0 Å². The van der Waals surface area contributed by atoms with Crippen LogP contribution in [0.1, 0.15) is 13.3 Å². The summed E-state index contributed by atoms with van der Waals surface area (Å²) in [5, 5.41) is 9.01. The van der Waals surface area contributed by atoms with Gasteiger partial charge in [0.15, 0.2) is 23.3 Å². The molecule has 1 aromatic carbocycles. The maximum absolute atomic E-state index is 13.6. The van der Waals surface area contributed by atoms with Gasteiger partial charge < -0.3 is 10.0 Å². The van der Waals surface area contributed by atoms with Gasteiger partial charge in [0, 0.05) is 13.1 Å². The maximum atomic E-state index is 13.6. The van der Waals surface area contributed by atoms with Crippen LogP contribution in [0.25, 0.3) is 0 Å². The van der Waals surface area contributed by atoms with E-state index in [1.165, 1.54) is 6.92 Å². The number of rotatable bonds is 2. The summed E-state index contributed by atoms with van der Waals surface area (Å²) >= 11 is 0. The van der Waals surface area contributed by atoms with Gasteiger partial charge >= 0.3 is 5.97 Å². The molecule has 1 heterocycles. The molecule has 1 aliphatic rings. The largest absolute Gasteiger partial charge is 0.481 e. The van der Waals surface area contributed by atoms with Gasteiger partial charge in [-0.2, -0.15) is 0 Å². The van der Waals surface area contributed by atoms with Gasteiger partial charge in [-0.15, -0.1) is 0 Å². The molecule has 8 heteroatoms. The fourth-order valence-electron chi connectivity index (χ4n) is 2.20. The number of carbonyl (C=O) groups is 1. The quantitative estimate of drug-likeness (QED) is 0.518. The lowest BCUT2D eigenvalue weighted by Crippen LogP contribution is -2.32. The third kappa shape index (κ3) is 1.99. The predicted octanol–water partition coefficient (Wildman–Crippen LogP) is 2.68. The summed E-state index contributed by atoms with van der Waals surface area (Å²) in [6.45, 7) is 0.906. The smallest absolute Gasteiger partial charge is 0.311 e. The second kappa shape index (κ2) is 4.60. The summed E-state index contributed by atoms with van der Waals surface area (Å²) in [7, 11) is 0. The Morgan fingerprint density at radius 1 is 1.05 bits per heavy atom. The van der Waals surface area contributed by atoms with Crippen molar-refractivity contribution in [2.75, 3.05) is 18.0 Å². The Morgan fingerprint density at radius 3 is 1.90 bits per heavy atom.